The quantitative estimate of drug-likeness (QED) is 0.303. The molecule has 3 aromatic heterocycles. The molecule has 0 saturated carbocycles. The summed E-state index contributed by atoms with van der Waals surface area (Å²) in [6, 6.07) is 35.6. The van der Waals surface area contributed by atoms with Gasteiger partial charge in [0.05, 0.1) is 16.6 Å². The molecular weight excluding hydrogens is 404 g/mol. The van der Waals surface area contributed by atoms with E-state index in [0.29, 0.717) is 5.82 Å². The molecule has 0 fully saturated rings. The topological polar surface area (TPSA) is 43.6 Å². The monoisotopic (exact) mass is 422 g/mol. The van der Waals surface area contributed by atoms with Crippen LogP contribution >= 0.6 is 0 Å². The second-order valence-electron chi connectivity index (χ2n) is 8.18. The van der Waals surface area contributed by atoms with E-state index in [2.05, 4.69) is 65.2 Å². The van der Waals surface area contributed by atoms with Gasteiger partial charge in [-0.25, -0.2) is 9.97 Å². The van der Waals surface area contributed by atoms with Crippen molar-refractivity contribution in [2.75, 3.05) is 0 Å². The van der Waals surface area contributed by atoms with Crippen molar-refractivity contribution in [2.45, 2.75) is 0 Å². The molecule has 0 aliphatic rings. The third-order valence-electron chi connectivity index (χ3n) is 6.22. The van der Waals surface area contributed by atoms with Crippen LogP contribution in [-0.2, 0) is 0 Å². The van der Waals surface area contributed by atoms with Crippen LogP contribution in [0.3, 0.4) is 0 Å². The summed E-state index contributed by atoms with van der Waals surface area (Å²) in [5.74, 6) is 1.48. The Morgan fingerprint density at radius 2 is 1.33 bits per heavy atom. The molecule has 3 heterocycles. The zero-order chi connectivity index (χ0) is 21.8. The number of hydrogen-bond donors (Lipinski definition) is 0. The molecule has 0 aliphatic carbocycles. The van der Waals surface area contributed by atoms with Crippen molar-refractivity contribution in [2.24, 2.45) is 0 Å². The molecule has 0 spiro atoms. The lowest BCUT2D eigenvalue weighted by molar-refractivity contribution is 1.06. The molecule has 0 N–H and O–H groups in total. The molecular formula is C29H18N4. The zero-order valence-electron chi connectivity index (χ0n) is 17.7. The Balaban J connectivity index is 1.66. The van der Waals surface area contributed by atoms with Crippen LogP contribution in [0.1, 0.15) is 0 Å². The highest BCUT2D eigenvalue weighted by atomic mass is 15.1. The van der Waals surface area contributed by atoms with Crippen molar-refractivity contribution in [3.8, 4) is 17.2 Å². The van der Waals surface area contributed by atoms with E-state index in [4.69, 9.17) is 15.0 Å². The molecule has 33 heavy (non-hydrogen) atoms. The van der Waals surface area contributed by atoms with Crippen molar-refractivity contribution in [1.29, 1.82) is 0 Å². The van der Waals surface area contributed by atoms with Crippen molar-refractivity contribution in [1.82, 2.24) is 19.5 Å². The summed E-state index contributed by atoms with van der Waals surface area (Å²) in [6.45, 7) is 0. The van der Waals surface area contributed by atoms with Crippen molar-refractivity contribution in [3.63, 3.8) is 0 Å². The third kappa shape index (κ3) is 2.74. The average molecular weight is 422 g/mol. The maximum atomic E-state index is 5.08. The fraction of sp³-hybridized carbons (Fsp3) is 0. The van der Waals surface area contributed by atoms with Gasteiger partial charge in [-0.15, -0.1) is 0 Å². The summed E-state index contributed by atoms with van der Waals surface area (Å²) in [5, 5.41) is 4.82. The maximum Gasteiger partial charge on any atom is 0.168 e. The maximum absolute atomic E-state index is 5.08. The first-order valence-electron chi connectivity index (χ1n) is 11.0. The summed E-state index contributed by atoms with van der Waals surface area (Å²) in [5.41, 5.74) is 4.81. The number of nitrogens with zero attached hydrogens (tertiary/aromatic N) is 4. The molecule has 4 heteroatoms. The highest BCUT2D eigenvalue weighted by molar-refractivity contribution is 6.14. The summed E-state index contributed by atoms with van der Waals surface area (Å²) < 4.78 is 2.24. The minimum absolute atomic E-state index is 0.692. The third-order valence-corrected chi connectivity index (χ3v) is 6.22. The molecule has 0 bridgehead atoms. The minimum Gasteiger partial charge on any atom is -0.292 e. The van der Waals surface area contributed by atoms with E-state index < -0.39 is 0 Å². The zero-order valence-corrected chi connectivity index (χ0v) is 17.7. The number of aromatic nitrogens is 4. The van der Waals surface area contributed by atoms with Gasteiger partial charge in [0, 0.05) is 22.5 Å². The van der Waals surface area contributed by atoms with Gasteiger partial charge in [-0.3, -0.25) is 9.55 Å². The number of fused-ring (bicyclic) bond motifs is 5. The van der Waals surface area contributed by atoms with Crippen molar-refractivity contribution >= 4 is 43.6 Å². The first kappa shape index (κ1) is 18.0. The first-order chi connectivity index (χ1) is 16.4. The van der Waals surface area contributed by atoms with Gasteiger partial charge in [0.2, 0.25) is 0 Å². The number of rotatable bonds is 2. The molecule has 0 radical (unpaired) electrons. The molecule has 0 atom stereocenters. The Kier molecular flexibility index (Phi) is 3.81. The summed E-state index contributed by atoms with van der Waals surface area (Å²) in [4.78, 5) is 14.6. The SMILES string of the molecule is c1ccc(-c2nc(-n3c4ccccc4c4cc5ccccc5cc43)c3ncccc3n2)cc1. The largest absolute Gasteiger partial charge is 0.292 e. The van der Waals surface area contributed by atoms with Crippen molar-refractivity contribution in [3.05, 3.63) is 109 Å². The Bertz CT molecular complexity index is 1820. The van der Waals surface area contributed by atoms with Crippen LogP contribution in [0.25, 0.3) is 60.8 Å². The smallest absolute Gasteiger partial charge is 0.168 e. The van der Waals surface area contributed by atoms with Crippen LogP contribution in [0.4, 0.5) is 0 Å². The van der Waals surface area contributed by atoms with Crippen molar-refractivity contribution < 1.29 is 0 Å². The van der Waals surface area contributed by atoms with Gasteiger partial charge in [-0.05, 0) is 41.1 Å². The van der Waals surface area contributed by atoms with E-state index >= 15 is 0 Å². The Labute approximate surface area is 189 Å². The van der Waals surface area contributed by atoms with E-state index in [-0.39, 0.29) is 0 Å². The van der Waals surface area contributed by atoms with Gasteiger partial charge in [0.25, 0.3) is 0 Å². The van der Waals surface area contributed by atoms with Gasteiger partial charge in [0.1, 0.15) is 5.52 Å². The van der Waals surface area contributed by atoms with Crippen LogP contribution in [0.2, 0.25) is 0 Å². The normalized spacial score (nSPS) is 11.6. The summed E-state index contributed by atoms with van der Waals surface area (Å²) in [7, 11) is 0. The molecule has 7 rings (SSSR count). The van der Waals surface area contributed by atoms with Gasteiger partial charge >= 0.3 is 0 Å². The molecule has 4 aromatic carbocycles. The molecule has 4 nitrogen and oxygen atoms in total. The van der Waals surface area contributed by atoms with Gasteiger partial charge < -0.3 is 0 Å². The highest BCUT2D eigenvalue weighted by Crippen LogP contribution is 2.36. The Hall–Kier alpha value is -4.57. The molecule has 0 saturated heterocycles. The average Bonchev–Trinajstić information content (AvgIpc) is 3.20. The van der Waals surface area contributed by atoms with E-state index in [0.717, 1.165) is 33.4 Å². The van der Waals surface area contributed by atoms with Crippen LogP contribution in [-0.4, -0.2) is 19.5 Å². The second kappa shape index (κ2) is 6.97. The highest BCUT2D eigenvalue weighted by Gasteiger charge is 2.18. The molecule has 0 amide bonds. The fourth-order valence-electron chi connectivity index (χ4n) is 4.71. The number of hydrogen-bond acceptors (Lipinski definition) is 3. The van der Waals surface area contributed by atoms with Crippen LogP contribution in [0, 0.1) is 0 Å². The molecule has 7 aromatic rings. The van der Waals surface area contributed by atoms with Crippen LogP contribution in [0.15, 0.2) is 109 Å². The standard InChI is InChI=1S/C29H18N4/c1-2-9-19(10-3-1)28-31-24-14-8-16-30-27(24)29(32-28)33-25-15-7-6-13-22(25)23-17-20-11-4-5-12-21(20)18-26(23)33/h1-18H. The van der Waals surface area contributed by atoms with Gasteiger partial charge in [0.15, 0.2) is 11.6 Å². The van der Waals surface area contributed by atoms with E-state index in [1.165, 1.54) is 21.5 Å². The van der Waals surface area contributed by atoms with E-state index in [1.807, 2.05) is 42.5 Å². The first-order valence-corrected chi connectivity index (χ1v) is 11.0. The molecule has 0 unspecified atom stereocenters. The summed E-state index contributed by atoms with van der Waals surface area (Å²) >= 11 is 0. The van der Waals surface area contributed by atoms with Gasteiger partial charge in [-0.1, -0.05) is 72.8 Å². The van der Waals surface area contributed by atoms with Crippen LogP contribution in [0.5, 0.6) is 0 Å². The predicted octanol–water partition coefficient (Wildman–Crippen LogP) is 6.94. The van der Waals surface area contributed by atoms with Crippen LogP contribution < -0.4 is 0 Å². The number of pyridine rings is 1. The van der Waals surface area contributed by atoms with Gasteiger partial charge in [-0.2, -0.15) is 0 Å². The lowest BCUT2D eigenvalue weighted by Gasteiger charge is -2.12. The lowest BCUT2D eigenvalue weighted by Crippen LogP contribution is -2.03. The molecule has 0 aliphatic heterocycles. The minimum atomic E-state index is 0.692. The number of benzene rings is 4. The number of para-hydroxylation sites is 1. The fourth-order valence-corrected chi connectivity index (χ4v) is 4.71. The molecule has 154 valence electrons. The predicted molar refractivity (Wildman–Crippen MR) is 135 cm³/mol. The van der Waals surface area contributed by atoms with E-state index in [1.54, 1.807) is 6.20 Å². The van der Waals surface area contributed by atoms with E-state index in [9.17, 15) is 0 Å². The second-order valence-corrected chi connectivity index (χ2v) is 8.18. The Morgan fingerprint density at radius 1 is 0.576 bits per heavy atom. The summed E-state index contributed by atoms with van der Waals surface area (Å²) in [6.07, 6.45) is 1.81. The Morgan fingerprint density at radius 3 is 2.21 bits per heavy atom. The lowest BCUT2D eigenvalue weighted by atomic mass is 10.1.